The van der Waals surface area contributed by atoms with Crippen molar-refractivity contribution in [2.24, 2.45) is 0 Å². The van der Waals surface area contributed by atoms with Crippen LogP contribution in [0.2, 0.25) is 0 Å². The molecule has 0 aliphatic heterocycles. The number of nitrogens with zero attached hydrogens (tertiary/aromatic N) is 2. The smallest absolute Gasteiger partial charge is 0.159 e. The molecule has 0 unspecified atom stereocenters. The van der Waals surface area contributed by atoms with Crippen molar-refractivity contribution in [2.75, 3.05) is 4.43 Å². The third kappa shape index (κ3) is 3.91. The lowest BCUT2D eigenvalue weighted by Crippen LogP contribution is -1.92. The molecule has 2 aromatic rings. The first-order valence-electron chi connectivity index (χ1n) is 6.17. The molecule has 2 nitrogen and oxygen atoms in total. The third-order valence-corrected chi connectivity index (χ3v) is 3.60. The third-order valence-electron chi connectivity index (χ3n) is 2.84. The minimum absolute atomic E-state index is 0.872. The molecule has 2 rings (SSSR count). The van der Waals surface area contributed by atoms with E-state index in [0.29, 0.717) is 0 Å². The van der Waals surface area contributed by atoms with Crippen LogP contribution >= 0.6 is 22.6 Å². The highest BCUT2D eigenvalue weighted by Crippen LogP contribution is 2.12. The van der Waals surface area contributed by atoms with Crippen LogP contribution in [0.4, 0.5) is 0 Å². The van der Waals surface area contributed by atoms with E-state index < -0.39 is 0 Å². The van der Waals surface area contributed by atoms with E-state index in [0.717, 1.165) is 17.5 Å². The molecular formula is C14H17IN2. The molecule has 90 valence electrons. The standard InChI is InChI=1S/C14H17IN2/c15-10-4-2-1-3-7-13-9-8-12-6-5-11-16-14(12)17-13/h5-6,8-9,11H,1-4,7,10H2. The summed E-state index contributed by atoms with van der Waals surface area (Å²) in [7, 11) is 0. The first-order valence-corrected chi connectivity index (χ1v) is 7.69. The molecule has 0 amide bonds. The van der Waals surface area contributed by atoms with Crippen molar-refractivity contribution in [3.8, 4) is 0 Å². The summed E-state index contributed by atoms with van der Waals surface area (Å²) >= 11 is 2.44. The fraction of sp³-hybridized carbons (Fsp3) is 0.429. The number of unbranched alkanes of at least 4 members (excludes halogenated alkanes) is 3. The summed E-state index contributed by atoms with van der Waals surface area (Å²) in [5.74, 6) is 0. The van der Waals surface area contributed by atoms with Crippen LogP contribution in [-0.4, -0.2) is 14.4 Å². The molecule has 3 heteroatoms. The lowest BCUT2D eigenvalue weighted by Gasteiger charge is -2.02. The highest BCUT2D eigenvalue weighted by molar-refractivity contribution is 14.1. The van der Waals surface area contributed by atoms with Crippen LogP contribution in [0.15, 0.2) is 30.5 Å². The van der Waals surface area contributed by atoms with Crippen molar-refractivity contribution in [1.82, 2.24) is 9.97 Å². The summed E-state index contributed by atoms with van der Waals surface area (Å²) < 4.78 is 1.27. The lowest BCUT2D eigenvalue weighted by molar-refractivity contribution is 0.667. The predicted molar refractivity (Wildman–Crippen MR) is 80.6 cm³/mol. The lowest BCUT2D eigenvalue weighted by atomic mass is 10.1. The maximum Gasteiger partial charge on any atom is 0.159 e. The number of hydrogen-bond acceptors (Lipinski definition) is 2. The van der Waals surface area contributed by atoms with Gasteiger partial charge in [0.05, 0.1) is 0 Å². The van der Waals surface area contributed by atoms with Gasteiger partial charge in [-0.15, -0.1) is 0 Å². The zero-order valence-electron chi connectivity index (χ0n) is 9.90. The van der Waals surface area contributed by atoms with E-state index in [2.05, 4.69) is 50.8 Å². The number of hydrogen-bond donors (Lipinski definition) is 0. The Morgan fingerprint density at radius 1 is 1.00 bits per heavy atom. The normalized spacial score (nSPS) is 10.9. The van der Waals surface area contributed by atoms with Crippen LogP contribution in [0.25, 0.3) is 11.0 Å². The molecule has 0 bridgehead atoms. The Morgan fingerprint density at radius 2 is 1.88 bits per heavy atom. The van der Waals surface area contributed by atoms with Crippen LogP contribution in [0, 0.1) is 0 Å². The fourth-order valence-corrected chi connectivity index (χ4v) is 2.42. The van der Waals surface area contributed by atoms with Crippen molar-refractivity contribution >= 4 is 33.6 Å². The van der Waals surface area contributed by atoms with Gasteiger partial charge in [-0.1, -0.05) is 35.4 Å². The molecule has 17 heavy (non-hydrogen) atoms. The molecule has 0 radical (unpaired) electrons. The van der Waals surface area contributed by atoms with Crippen molar-refractivity contribution in [1.29, 1.82) is 0 Å². The number of halogens is 1. The Labute approximate surface area is 116 Å². The average Bonchev–Trinajstić information content (AvgIpc) is 2.38. The quantitative estimate of drug-likeness (QED) is 0.448. The molecule has 0 saturated heterocycles. The number of aromatic nitrogens is 2. The first-order chi connectivity index (χ1) is 8.40. The maximum absolute atomic E-state index is 4.58. The summed E-state index contributed by atoms with van der Waals surface area (Å²) in [5, 5.41) is 1.13. The maximum atomic E-state index is 4.58. The second-order valence-electron chi connectivity index (χ2n) is 4.21. The summed E-state index contributed by atoms with van der Waals surface area (Å²) in [5.41, 5.74) is 2.04. The van der Waals surface area contributed by atoms with Crippen molar-refractivity contribution in [3.05, 3.63) is 36.2 Å². The SMILES string of the molecule is ICCCCCCc1ccc2cccnc2n1. The molecule has 0 aromatic carbocycles. The summed E-state index contributed by atoms with van der Waals surface area (Å²) in [4.78, 5) is 8.87. The Morgan fingerprint density at radius 3 is 2.76 bits per heavy atom. The highest BCUT2D eigenvalue weighted by atomic mass is 127. The topological polar surface area (TPSA) is 25.8 Å². The minimum Gasteiger partial charge on any atom is -0.237 e. The van der Waals surface area contributed by atoms with Crippen LogP contribution in [0.5, 0.6) is 0 Å². The minimum atomic E-state index is 0.872. The largest absolute Gasteiger partial charge is 0.237 e. The van der Waals surface area contributed by atoms with Gasteiger partial charge < -0.3 is 0 Å². The van der Waals surface area contributed by atoms with E-state index in [4.69, 9.17) is 0 Å². The number of pyridine rings is 2. The summed E-state index contributed by atoms with van der Waals surface area (Å²) in [6.07, 6.45) is 8.11. The van der Waals surface area contributed by atoms with E-state index >= 15 is 0 Å². The van der Waals surface area contributed by atoms with Crippen molar-refractivity contribution in [2.45, 2.75) is 32.1 Å². The molecular weight excluding hydrogens is 323 g/mol. The van der Waals surface area contributed by atoms with Gasteiger partial charge in [-0.3, -0.25) is 0 Å². The number of aryl methyl sites for hydroxylation is 1. The van der Waals surface area contributed by atoms with E-state index in [1.807, 2.05) is 6.07 Å². The van der Waals surface area contributed by atoms with Gasteiger partial charge in [-0.05, 0) is 48.0 Å². The summed E-state index contributed by atoms with van der Waals surface area (Å²) in [6, 6.07) is 8.26. The highest BCUT2D eigenvalue weighted by Gasteiger charge is 1.99. The Bertz CT molecular complexity index is 470. The monoisotopic (exact) mass is 340 g/mol. The predicted octanol–water partition coefficient (Wildman–Crippen LogP) is 4.17. The summed E-state index contributed by atoms with van der Waals surface area (Å²) in [6.45, 7) is 0. The van der Waals surface area contributed by atoms with Crippen LogP contribution in [0.1, 0.15) is 31.4 Å². The van der Waals surface area contributed by atoms with Crippen molar-refractivity contribution < 1.29 is 0 Å². The average molecular weight is 340 g/mol. The zero-order chi connectivity index (χ0) is 11.9. The molecule has 2 aromatic heterocycles. The molecule has 0 atom stereocenters. The van der Waals surface area contributed by atoms with Crippen LogP contribution in [-0.2, 0) is 6.42 Å². The van der Waals surface area contributed by atoms with Gasteiger partial charge in [0.15, 0.2) is 5.65 Å². The fourth-order valence-electron chi connectivity index (χ4n) is 1.89. The van der Waals surface area contributed by atoms with E-state index in [1.165, 1.54) is 35.8 Å². The second-order valence-corrected chi connectivity index (χ2v) is 5.28. The molecule has 0 fully saturated rings. The van der Waals surface area contributed by atoms with Gasteiger partial charge in [0, 0.05) is 17.3 Å². The van der Waals surface area contributed by atoms with Crippen LogP contribution < -0.4 is 0 Å². The van der Waals surface area contributed by atoms with Crippen LogP contribution in [0.3, 0.4) is 0 Å². The molecule has 0 N–H and O–H groups in total. The molecule has 0 saturated carbocycles. The van der Waals surface area contributed by atoms with E-state index in [9.17, 15) is 0 Å². The molecule has 0 aliphatic carbocycles. The number of rotatable bonds is 6. The number of fused-ring (bicyclic) bond motifs is 1. The van der Waals surface area contributed by atoms with Gasteiger partial charge in [-0.25, -0.2) is 9.97 Å². The molecule has 0 spiro atoms. The zero-order valence-corrected chi connectivity index (χ0v) is 12.1. The van der Waals surface area contributed by atoms with Gasteiger partial charge in [-0.2, -0.15) is 0 Å². The number of alkyl halides is 1. The molecule has 2 heterocycles. The van der Waals surface area contributed by atoms with Gasteiger partial charge in [0.25, 0.3) is 0 Å². The second kappa shape index (κ2) is 6.89. The van der Waals surface area contributed by atoms with Gasteiger partial charge >= 0.3 is 0 Å². The van der Waals surface area contributed by atoms with Gasteiger partial charge in [0.1, 0.15) is 0 Å². The van der Waals surface area contributed by atoms with Crippen molar-refractivity contribution in [3.63, 3.8) is 0 Å². The first kappa shape index (κ1) is 12.7. The van der Waals surface area contributed by atoms with Gasteiger partial charge in [0.2, 0.25) is 0 Å². The molecule has 0 aliphatic rings. The Hall–Kier alpha value is -0.710. The Balaban J connectivity index is 1.90. The van der Waals surface area contributed by atoms with E-state index in [-0.39, 0.29) is 0 Å². The van der Waals surface area contributed by atoms with E-state index in [1.54, 1.807) is 6.20 Å². The Kier molecular flexibility index (Phi) is 5.16.